The summed E-state index contributed by atoms with van der Waals surface area (Å²) in [5.41, 5.74) is 3.86. The fourth-order valence-electron chi connectivity index (χ4n) is 1.84. The molecular formula is C14H10BrNO. The molecule has 1 aromatic heterocycles. The lowest BCUT2D eigenvalue weighted by molar-refractivity contribution is 0.619. The number of fused-ring (bicyclic) bond motifs is 1. The molecule has 0 radical (unpaired) electrons. The van der Waals surface area contributed by atoms with E-state index in [1.165, 1.54) is 0 Å². The summed E-state index contributed by atoms with van der Waals surface area (Å²) in [7, 11) is 0. The molecule has 2 aromatic carbocycles. The number of nitrogens with zero attached hydrogens (tertiary/aromatic N) is 1. The average molecular weight is 288 g/mol. The maximum Gasteiger partial charge on any atom is 0.228 e. The highest BCUT2D eigenvalue weighted by molar-refractivity contribution is 9.10. The molecule has 0 saturated heterocycles. The van der Waals surface area contributed by atoms with Crippen LogP contribution in [-0.4, -0.2) is 4.98 Å². The zero-order valence-corrected chi connectivity index (χ0v) is 10.9. The summed E-state index contributed by atoms with van der Waals surface area (Å²) in [4.78, 5) is 4.55. The molecule has 0 amide bonds. The van der Waals surface area contributed by atoms with Crippen LogP contribution in [0.3, 0.4) is 0 Å². The van der Waals surface area contributed by atoms with Crippen molar-refractivity contribution in [3.05, 3.63) is 52.5 Å². The highest BCUT2D eigenvalue weighted by Crippen LogP contribution is 2.30. The van der Waals surface area contributed by atoms with E-state index in [0.29, 0.717) is 5.89 Å². The quantitative estimate of drug-likeness (QED) is 0.655. The molecule has 0 bridgehead atoms. The number of hydrogen-bond donors (Lipinski definition) is 0. The van der Waals surface area contributed by atoms with Crippen molar-refractivity contribution in [3.8, 4) is 11.5 Å². The minimum Gasteiger partial charge on any atom is -0.436 e. The summed E-state index contributed by atoms with van der Waals surface area (Å²) in [6, 6.07) is 13.9. The largest absolute Gasteiger partial charge is 0.436 e. The molecule has 0 spiro atoms. The molecule has 3 aromatic rings. The van der Waals surface area contributed by atoms with E-state index in [0.717, 1.165) is 26.7 Å². The van der Waals surface area contributed by atoms with Crippen LogP contribution >= 0.6 is 15.9 Å². The number of halogens is 1. The van der Waals surface area contributed by atoms with Crippen LogP contribution in [-0.2, 0) is 0 Å². The van der Waals surface area contributed by atoms with Crippen molar-refractivity contribution in [2.45, 2.75) is 6.92 Å². The first kappa shape index (κ1) is 10.5. The molecule has 0 atom stereocenters. The monoisotopic (exact) mass is 287 g/mol. The van der Waals surface area contributed by atoms with Crippen LogP contribution < -0.4 is 0 Å². The minimum atomic E-state index is 0.654. The van der Waals surface area contributed by atoms with E-state index in [2.05, 4.69) is 20.9 Å². The summed E-state index contributed by atoms with van der Waals surface area (Å²) in [6.45, 7) is 2.04. The topological polar surface area (TPSA) is 26.0 Å². The van der Waals surface area contributed by atoms with Gasteiger partial charge in [-0.15, -0.1) is 0 Å². The Morgan fingerprint density at radius 3 is 2.65 bits per heavy atom. The van der Waals surface area contributed by atoms with Crippen LogP contribution in [0.2, 0.25) is 0 Å². The van der Waals surface area contributed by atoms with Crippen LogP contribution in [0, 0.1) is 6.92 Å². The Kier molecular flexibility index (Phi) is 2.48. The van der Waals surface area contributed by atoms with Crippen molar-refractivity contribution in [3.63, 3.8) is 0 Å². The number of benzene rings is 2. The third-order valence-corrected chi connectivity index (χ3v) is 3.42. The number of para-hydroxylation sites is 1. The van der Waals surface area contributed by atoms with Gasteiger partial charge in [-0.25, -0.2) is 4.98 Å². The van der Waals surface area contributed by atoms with Gasteiger partial charge in [-0.2, -0.15) is 0 Å². The average Bonchev–Trinajstić information content (AvgIpc) is 2.75. The smallest absolute Gasteiger partial charge is 0.228 e. The number of aromatic nitrogens is 1. The van der Waals surface area contributed by atoms with Crippen molar-refractivity contribution >= 4 is 27.0 Å². The molecule has 2 nitrogen and oxygen atoms in total. The van der Waals surface area contributed by atoms with E-state index in [9.17, 15) is 0 Å². The molecule has 0 aliphatic heterocycles. The van der Waals surface area contributed by atoms with Crippen LogP contribution in [0.4, 0.5) is 0 Å². The number of rotatable bonds is 1. The molecule has 17 heavy (non-hydrogen) atoms. The lowest BCUT2D eigenvalue weighted by atomic mass is 10.2. The second kappa shape index (κ2) is 4.00. The molecule has 1 heterocycles. The lowest BCUT2D eigenvalue weighted by Crippen LogP contribution is -1.79. The molecule has 0 fully saturated rings. The first-order chi connectivity index (χ1) is 8.25. The van der Waals surface area contributed by atoms with Crippen LogP contribution in [0.5, 0.6) is 0 Å². The molecule has 84 valence electrons. The second-order valence-electron chi connectivity index (χ2n) is 3.92. The Morgan fingerprint density at radius 2 is 1.88 bits per heavy atom. The summed E-state index contributed by atoms with van der Waals surface area (Å²) < 4.78 is 6.76. The zero-order valence-electron chi connectivity index (χ0n) is 9.27. The normalized spacial score (nSPS) is 10.9. The Hall–Kier alpha value is -1.61. The van der Waals surface area contributed by atoms with Crippen molar-refractivity contribution in [2.24, 2.45) is 0 Å². The molecule has 0 aliphatic carbocycles. The molecule has 0 aliphatic rings. The number of aryl methyl sites for hydroxylation is 1. The summed E-state index contributed by atoms with van der Waals surface area (Å²) in [6.07, 6.45) is 0. The minimum absolute atomic E-state index is 0.654. The van der Waals surface area contributed by atoms with Crippen molar-refractivity contribution in [1.29, 1.82) is 0 Å². The van der Waals surface area contributed by atoms with Gasteiger partial charge in [-0.3, -0.25) is 0 Å². The van der Waals surface area contributed by atoms with Gasteiger partial charge in [-0.05, 0) is 46.6 Å². The van der Waals surface area contributed by atoms with E-state index in [4.69, 9.17) is 4.42 Å². The lowest BCUT2D eigenvalue weighted by Gasteiger charge is -1.97. The Bertz CT molecular complexity index is 688. The van der Waals surface area contributed by atoms with E-state index in [1.807, 2.05) is 49.4 Å². The third-order valence-electron chi connectivity index (χ3n) is 2.72. The zero-order chi connectivity index (χ0) is 11.8. The number of oxazole rings is 1. The van der Waals surface area contributed by atoms with Gasteiger partial charge in [0.05, 0.1) is 5.56 Å². The van der Waals surface area contributed by atoms with Crippen LogP contribution in [0.15, 0.2) is 51.4 Å². The predicted octanol–water partition coefficient (Wildman–Crippen LogP) is 4.57. The van der Waals surface area contributed by atoms with Gasteiger partial charge in [0, 0.05) is 4.47 Å². The summed E-state index contributed by atoms with van der Waals surface area (Å²) in [5.74, 6) is 0.654. The molecule has 0 N–H and O–H groups in total. The fraction of sp³-hybridized carbons (Fsp3) is 0.0714. The highest BCUT2D eigenvalue weighted by atomic mass is 79.9. The maximum atomic E-state index is 5.77. The van der Waals surface area contributed by atoms with E-state index in [-0.39, 0.29) is 0 Å². The van der Waals surface area contributed by atoms with Gasteiger partial charge < -0.3 is 4.42 Å². The van der Waals surface area contributed by atoms with Crippen molar-refractivity contribution < 1.29 is 4.42 Å². The van der Waals surface area contributed by atoms with Gasteiger partial charge >= 0.3 is 0 Å². The van der Waals surface area contributed by atoms with Crippen LogP contribution in [0.25, 0.3) is 22.6 Å². The van der Waals surface area contributed by atoms with Gasteiger partial charge in [0.15, 0.2) is 5.58 Å². The first-order valence-corrected chi connectivity index (χ1v) is 6.16. The Labute approximate surface area is 107 Å². The second-order valence-corrected chi connectivity index (χ2v) is 4.77. The van der Waals surface area contributed by atoms with Crippen LogP contribution in [0.1, 0.15) is 5.56 Å². The van der Waals surface area contributed by atoms with E-state index >= 15 is 0 Å². The molecular weight excluding hydrogens is 278 g/mol. The molecule has 0 unspecified atom stereocenters. The predicted molar refractivity (Wildman–Crippen MR) is 71.9 cm³/mol. The molecule has 3 heteroatoms. The van der Waals surface area contributed by atoms with Gasteiger partial charge in [0.25, 0.3) is 0 Å². The van der Waals surface area contributed by atoms with Gasteiger partial charge in [0.2, 0.25) is 5.89 Å². The SMILES string of the molecule is Cc1cccc2oc(-c3ccccc3Br)nc12. The fourth-order valence-corrected chi connectivity index (χ4v) is 2.29. The van der Waals surface area contributed by atoms with Gasteiger partial charge in [0.1, 0.15) is 5.52 Å². The Morgan fingerprint density at radius 1 is 1.06 bits per heavy atom. The number of hydrogen-bond acceptors (Lipinski definition) is 2. The third kappa shape index (κ3) is 1.76. The van der Waals surface area contributed by atoms with Crippen molar-refractivity contribution in [2.75, 3.05) is 0 Å². The van der Waals surface area contributed by atoms with E-state index < -0.39 is 0 Å². The van der Waals surface area contributed by atoms with Crippen molar-refractivity contribution in [1.82, 2.24) is 4.98 Å². The first-order valence-electron chi connectivity index (χ1n) is 5.37. The standard InChI is InChI=1S/C14H10BrNO/c1-9-5-4-8-12-13(9)16-14(17-12)10-6-2-3-7-11(10)15/h2-8H,1H3. The molecule has 3 rings (SSSR count). The highest BCUT2D eigenvalue weighted by Gasteiger charge is 2.11. The summed E-state index contributed by atoms with van der Waals surface area (Å²) >= 11 is 3.51. The maximum absolute atomic E-state index is 5.77. The van der Waals surface area contributed by atoms with E-state index in [1.54, 1.807) is 0 Å². The molecule has 0 saturated carbocycles. The summed E-state index contributed by atoms with van der Waals surface area (Å²) in [5, 5.41) is 0. The Balaban J connectivity index is 2.26. The van der Waals surface area contributed by atoms with Gasteiger partial charge in [-0.1, -0.05) is 24.3 Å².